The molecule has 5 heteroatoms. The Hall–Kier alpha value is -1.59. The fourth-order valence-corrected chi connectivity index (χ4v) is 2.47. The molecule has 4 nitrogen and oxygen atoms in total. The van der Waals surface area contributed by atoms with Gasteiger partial charge in [-0.1, -0.05) is 5.98 Å². The second-order valence-electron chi connectivity index (χ2n) is 6.59. The Bertz CT molecular complexity index is 687. The van der Waals surface area contributed by atoms with Crippen LogP contribution in [-0.2, 0) is 9.31 Å². The Morgan fingerprint density at radius 1 is 1.19 bits per heavy atom. The molecule has 3 rings (SSSR count). The van der Waals surface area contributed by atoms with E-state index in [0.29, 0.717) is 0 Å². The van der Waals surface area contributed by atoms with Crippen LogP contribution >= 0.6 is 0 Å². The van der Waals surface area contributed by atoms with Gasteiger partial charge in [0.2, 0.25) is 0 Å². The highest BCUT2D eigenvalue weighted by atomic mass is 16.7. The maximum atomic E-state index is 5.95. The molecule has 1 aliphatic heterocycles. The molecule has 1 saturated heterocycles. The number of hydrogen-bond donors (Lipinski definition) is 1. The van der Waals surface area contributed by atoms with Gasteiger partial charge in [-0.2, -0.15) is 0 Å². The molecular formula is C16H21BN2O2. The van der Waals surface area contributed by atoms with E-state index < -0.39 is 0 Å². The van der Waals surface area contributed by atoms with Crippen LogP contribution in [0.15, 0.2) is 24.3 Å². The van der Waals surface area contributed by atoms with Crippen LogP contribution in [0.3, 0.4) is 0 Å². The fourth-order valence-electron chi connectivity index (χ4n) is 2.47. The molecule has 3 heterocycles. The molecule has 0 atom stereocenters. The van der Waals surface area contributed by atoms with Crippen LogP contribution in [0.1, 0.15) is 39.0 Å². The number of rotatable bonds is 2. The van der Waals surface area contributed by atoms with E-state index in [1.807, 2.05) is 24.3 Å². The minimum atomic E-state index is -0.334. The van der Waals surface area contributed by atoms with Crippen LogP contribution in [0.25, 0.3) is 17.1 Å². The first-order valence-electron chi connectivity index (χ1n) is 7.27. The van der Waals surface area contributed by atoms with E-state index in [1.165, 1.54) is 5.56 Å². The number of pyridine rings is 1. The van der Waals surface area contributed by atoms with Crippen molar-refractivity contribution in [3.05, 3.63) is 35.6 Å². The molecule has 1 fully saturated rings. The number of aromatic amines is 1. The Balaban J connectivity index is 1.83. The van der Waals surface area contributed by atoms with Gasteiger partial charge < -0.3 is 14.3 Å². The summed E-state index contributed by atoms with van der Waals surface area (Å²) in [6, 6.07) is 4.04. The van der Waals surface area contributed by atoms with Crippen molar-refractivity contribution >= 4 is 24.2 Å². The average molecular weight is 284 g/mol. The molecule has 2 aromatic rings. The number of nitrogens with zero attached hydrogens (tertiary/aromatic N) is 1. The van der Waals surface area contributed by atoms with Gasteiger partial charge in [0.1, 0.15) is 0 Å². The van der Waals surface area contributed by atoms with Crippen LogP contribution in [-0.4, -0.2) is 28.3 Å². The minimum Gasteiger partial charge on any atom is -0.400 e. The Morgan fingerprint density at radius 2 is 1.86 bits per heavy atom. The summed E-state index contributed by atoms with van der Waals surface area (Å²) in [5.74, 6) is 1.93. The molecule has 0 spiro atoms. The van der Waals surface area contributed by atoms with Crippen LogP contribution in [0.4, 0.5) is 0 Å². The van der Waals surface area contributed by atoms with Crippen molar-refractivity contribution in [2.24, 2.45) is 0 Å². The van der Waals surface area contributed by atoms with E-state index in [9.17, 15) is 0 Å². The Morgan fingerprint density at radius 3 is 2.52 bits per heavy atom. The molecule has 110 valence electrons. The zero-order valence-electron chi connectivity index (χ0n) is 13.2. The number of aryl methyl sites for hydroxylation is 1. The van der Waals surface area contributed by atoms with E-state index >= 15 is 0 Å². The summed E-state index contributed by atoms with van der Waals surface area (Å²) >= 11 is 0. The Labute approximate surface area is 125 Å². The second-order valence-corrected chi connectivity index (χ2v) is 6.59. The molecule has 1 N–H and O–H groups in total. The van der Waals surface area contributed by atoms with E-state index in [0.717, 1.165) is 16.7 Å². The smallest absolute Gasteiger partial charge is 0.400 e. The van der Waals surface area contributed by atoms with E-state index in [-0.39, 0.29) is 18.3 Å². The van der Waals surface area contributed by atoms with Gasteiger partial charge in [-0.25, -0.2) is 4.98 Å². The molecule has 0 amide bonds. The lowest BCUT2D eigenvalue weighted by Crippen LogP contribution is -2.41. The van der Waals surface area contributed by atoms with Crippen molar-refractivity contribution in [1.29, 1.82) is 0 Å². The summed E-state index contributed by atoms with van der Waals surface area (Å²) < 4.78 is 11.9. The lowest BCUT2D eigenvalue weighted by molar-refractivity contribution is 0.00578. The van der Waals surface area contributed by atoms with Crippen molar-refractivity contribution in [3.63, 3.8) is 0 Å². The van der Waals surface area contributed by atoms with Crippen molar-refractivity contribution in [3.8, 4) is 0 Å². The first kappa shape index (κ1) is 14.4. The number of aromatic nitrogens is 2. The first-order chi connectivity index (χ1) is 9.78. The van der Waals surface area contributed by atoms with Gasteiger partial charge in [0.15, 0.2) is 0 Å². The predicted molar refractivity (Wildman–Crippen MR) is 85.9 cm³/mol. The highest BCUT2D eigenvalue weighted by molar-refractivity contribution is 6.52. The number of fused-ring (bicyclic) bond motifs is 1. The summed E-state index contributed by atoms with van der Waals surface area (Å²) in [6.07, 6.45) is 3.87. The Kier molecular flexibility index (Phi) is 3.22. The normalized spacial score (nSPS) is 20.7. The SMILES string of the molecule is Cc1cc(/C=C/B2OC(C)(C)C(C)(C)O2)nc2cc[nH]c12. The summed E-state index contributed by atoms with van der Waals surface area (Å²) in [7, 11) is -0.334. The van der Waals surface area contributed by atoms with Gasteiger partial charge in [0, 0.05) is 6.20 Å². The number of hydrogen-bond acceptors (Lipinski definition) is 3. The highest BCUT2D eigenvalue weighted by Crippen LogP contribution is 2.37. The molecule has 0 radical (unpaired) electrons. The number of nitrogens with one attached hydrogen (secondary N) is 1. The molecule has 0 unspecified atom stereocenters. The van der Waals surface area contributed by atoms with Crippen LogP contribution in [0.5, 0.6) is 0 Å². The molecule has 0 saturated carbocycles. The van der Waals surface area contributed by atoms with Gasteiger partial charge in [-0.3, -0.25) is 0 Å². The lowest BCUT2D eigenvalue weighted by atomic mass is 9.89. The number of H-pyrrole nitrogens is 1. The van der Waals surface area contributed by atoms with Crippen molar-refractivity contribution in [2.45, 2.75) is 45.8 Å². The summed E-state index contributed by atoms with van der Waals surface area (Å²) in [5, 5.41) is 0. The van der Waals surface area contributed by atoms with Gasteiger partial charge in [0.05, 0.1) is 27.9 Å². The van der Waals surface area contributed by atoms with Crippen molar-refractivity contribution in [2.75, 3.05) is 0 Å². The van der Waals surface area contributed by atoms with Crippen LogP contribution in [0, 0.1) is 6.92 Å². The van der Waals surface area contributed by atoms with E-state index in [4.69, 9.17) is 9.31 Å². The standard InChI is InChI=1S/C16H21BN2O2/c1-11-10-12(19-13-7-9-18-14(11)13)6-8-17-20-15(2,3)16(4,5)21-17/h6-10,18H,1-5H3/b8-6+. The van der Waals surface area contributed by atoms with Gasteiger partial charge in [-0.05, 0) is 58.4 Å². The third kappa shape index (κ3) is 2.52. The van der Waals surface area contributed by atoms with Gasteiger partial charge in [0.25, 0.3) is 0 Å². The first-order valence-corrected chi connectivity index (χ1v) is 7.27. The molecular weight excluding hydrogens is 263 g/mol. The van der Waals surface area contributed by atoms with Crippen LogP contribution in [0.2, 0.25) is 0 Å². The summed E-state index contributed by atoms with van der Waals surface area (Å²) in [4.78, 5) is 7.80. The zero-order valence-corrected chi connectivity index (χ0v) is 13.2. The zero-order chi connectivity index (χ0) is 15.3. The molecule has 21 heavy (non-hydrogen) atoms. The molecule has 0 aliphatic carbocycles. The summed E-state index contributed by atoms with van der Waals surface area (Å²) in [6.45, 7) is 10.3. The average Bonchev–Trinajstić information content (AvgIpc) is 2.90. The van der Waals surface area contributed by atoms with Crippen molar-refractivity contribution < 1.29 is 9.31 Å². The quantitative estimate of drug-likeness (QED) is 0.858. The second kappa shape index (κ2) is 4.72. The minimum absolute atomic E-state index is 0.310. The lowest BCUT2D eigenvalue weighted by Gasteiger charge is -2.32. The molecule has 2 aromatic heterocycles. The topological polar surface area (TPSA) is 47.1 Å². The largest absolute Gasteiger partial charge is 0.487 e. The van der Waals surface area contributed by atoms with Crippen LogP contribution < -0.4 is 0 Å². The molecule has 0 aromatic carbocycles. The predicted octanol–water partition coefficient (Wildman–Crippen LogP) is 3.52. The van der Waals surface area contributed by atoms with Gasteiger partial charge >= 0.3 is 7.12 Å². The molecule has 1 aliphatic rings. The highest BCUT2D eigenvalue weighted by Gasteiger charge is 2.49. The monoisotopic (exact) mass is 284 g/mol. The maximum Gasteiger partial charge on any atom is 0.487 e. The van der Waals surface area contributed by atoms with E-state index in [2.05, 4.69) is 50.7 Å². The van der Waals surface area contributed by atoms with E-state index in [1.54, 1.807) is 0 Å². The van der Waals surface area contributed by atoms with Gasteiger partial charge in [-0.15, -0.1) is 0 Å². The third-order valence-corrected chi connectivity index (χ3v) is 4.43. The summed E-state index contributed by atoms with van der Waals surface area (Å²) in [5.41, 5.74) is 3.53. The fraction of sp³-hybridized carbons (Fsp3) is 0.438. The maximum absolute atomic E-state index is 5.95. The third-order valence-electron chi connectivity index (χ3n) is 4.43. The van der Waals surface area contributed by atoms with Crippen molar-refractivity contribution in [1.82, 2.24) is 9.97 Å². The molecule has 0 bridgehead atoms.